The number of amides is 1. The van der Waals surface area contributed by atoms with E-state index >= 15 is 0 Å². The van der Waals surface area contributed by atoms with E-state index in [0.717, 1.165) is 0 Å². The Labute approximate surface area is 180 Å². The molecule has 0 bridgehead atoms. The molecule has 11 heteroatoms. The normalized spacial score (nSPS) is 14.0. The second kappa shape index (κ2) is 7.93. The average molecular weight is 441 g/mol. The second-order valence-electron chi connectivity index (χ2n) is 7.64. The van der Waals surface area contributed by atoms with Crippen molar-refractivity contribution in [2.75, 3.05) is 11.4 Å². The van der Waals surface area contributed by atoms with Crippen molar-refractivity contribution in [2.45, 2.75) is 31.7 Å². The fourth-order valence-corrected chi connectivity index (χ4v) is 4.08. The molecule has 0 aliphatic carbocycles. The smallest absolute Gasteiger partial charge is 0.320 e. The Balaban J connectivity index is 1.80. The second-order valence-corrected chi connectivity index (χ2v) is 7.64. The molecule has 0 radical (unpaired) electrons. The lowest BCUT2D eigenvalue weighted by Crippen LogP contribution is -2.34. The number of carboxylic acids is 2. The largest absolute Gasteiger partial charge is 0.481 e. The molecule has 166 valence electrons. The van der Waals surface area contributed by atoms with Crippen LogP contribution in [-0.2, 0) is 27.2 Å². The van der Waals surface area contributed by atoms with Gasteiger partial charge in [0.25, 0.3) is 5.69 Å². The molecular weight excluding hydrogens is 422 g/mol. The van der Waals surface area contributed by atoms with Gasteiger partial charge < -0.3 is 25.3 Å². The van der Waals surface area contributed by atoms with Gasteiger partial charge in [-0.05, 0) is 30.5 Å². The van der Waals surface area contributed by atoms with E-state index in [1.807, 2.05) is 0 Å². The predicted octanol–water partition coefficient (Wildman–Crippen LogP) is 2.20. The number of anilines is 1. The van der Waals surface area contributed by atoms with Crippen LogP contribution in [0, 0.1) is 10.1 Å². The number of carboxylic acid groups (broad SMARTS) is 2. The van der Waals surface area contributed by atoms with Gasteiger partial charge in [0.2, 0.25) is 5.91 Å². The molecule has 1 aliphatic heterocycles. The fraction of sp³-hybridized carbons (Fsp3) is 0.286. The van der Waals surface area contributed by atoms with Crippen molar-refractivity contribution in [1.29, 1.82) is 0 Å². The molecule has 2 aromatic carbocycles. The summed E-state index contributed by atoms with van der Waals surface area (Å²) in [7, 11) is 0. The highest BCUT2D eigenvalue weighted by molar-refractivity contribution is 6.11. The molecule has 1 unspecified atom stereocenters. The van der Waals surface area contributed by atoms with Gasteiger partial charge >= 0.3 is 11.9 Å². The maximum atomic E-state index is 12.7. The number of fused-ring (bicyclic) bond motifs is 5. The molecule has 1 aliphatic rings. The van der Waals surface area contributed by atoms with Gasteiger partial charge in [-0.1, -0.05) is 6.07 Å². The van der Waals surface area contributed by atoms with Crippen LogP contribution in [0.3, 0.4) is 0 Å². The van der Waals surface area contributed by atoms with E-state index in [2.05, 4.69) is 0 Å². The molecule has 1 amide bonds. The molecule has 0 saturated carbocycles. The van der Waals surface area contributed by atoms with Gasteiger partial charge in [-0.25, -0.2) is 0 Å². The van der Waals surface area contributed by atoms with E-state index in [4.69, 9.17) is 20.4 Å². The number of nitro groups is 1. The van der Waals surface area contributed by atoms with Crippen LogP contribution < -0.4 is 10.6 Å². The van der Waals surface area contributed by atoms with Gasteiger partial charge in [0.05, 0.1) is 11.3 Å². The van der Waals surface area contributed by atoms with Crippen LogP contribution in [0.1, 0.15) is 24.0 Å². The van der Waals surface area contributed by atoms with Gasteiger partial charge in [0.1, 0.15) is 22.9 Å². The molecule has 4 rings (SSSR count). The van der Waals surface area contributed by atoms with Gasteiger partial charge in [-0.3, -0.25) is 24.5 Å². The molecule has 2 heterocycles. The first-order chi connectivity index (χ1) is 15.2. The number of nitrogens with two attached hydrogens (primary N) is 1. The Kier molecular flexibility index (Phi) is 5.26. The van der Waals surface area contributed by atoms with Gasteiger partial charge in [0, 0.05) is 35.4 Å². The molecule has 4 N–H and O–H groups in total. The van der Waals surface area contributed by atoms with E-state index in [1.54, 1.807) is 18.2 Å². The van der Waals surface area contributed by atoms with Crippen molar-refractivity contribution in [3.63, 3.8) is 0 Å². The van der Waals surface area contributed by atoms with E-state index in [-0.39, 0.29) is 37.2 Å². The Morgan fingerprint density at radius 3 is 2.62 bits per heavy atom. The van der Waals surface area contributed by atoms with Crippen LogP contribution in [0.25, 0.3) is 21.9 Å². The van der Waals surface area contributed by atoms with Gasteiger partial charge in [-0.2, -0.15) is 0 Å². The molecule has 3 aromatic rings. The van der Waals surface area contributed by atoms with E-state index in [9.17, 15) is 24.5 Å². The molecule has 0 spiro atoms. The lowest BCUT2D eigenvalue weighted by atomic mass is 10.0. The molecule has 0 saturated heterocycles. The maximum absolute atomic E-state index is 12.7. The minimum Gasteiger partial charge on any atom is -0.481 e. The van der Waals surface area contributed by atoms with Crippen LogP contribution in [-0.4, -0.2) is 45.6 Å². The SMILES string of the molecule is NC(CCC(=O)N1CCc2c1c([N+](=O)[O-])cc1c2oc2ccc(CC(=O)O)cc21)C(=O)O. The molecule has 1 atom stereocenters. The summed E-state index contributed by atoms with van der Waals surface area (Å²) in [5, 5.41) is 30.8. The number of hydrogen-bond acceptors (Lipinski definition) is 7. The number of rotatable bonds is 7. The average Bonchev–Trinajstić information content (AvgIpc) is 3.32. The summed E-state index contributed by atoms with van der Waals surface area (Å²) < 4.78 is 5.94. The first-order valence-electron chi connectivity index (χ1n) is 9.83. The van der Waals surface area contributed by atoms with Gasteiger partial charge in [-0.15, -0.1) is 0 Å². The topological polar surface area (TPSA) is 177 Å². The number of aliphatic carboxylic acids is 2. The minimum absolute atomic E-state index is 0.0902. The van der Waals surface area contributed by atoms with Crippen molar-refractivity contribution in [1.82, 2.24) is 0 Å². The summed E-state index contributed by atoms with van der Waals surface area (Å²) in [6.45, 7) is 0.192. The van der Waals surface area contributed by atoms with Crippen molar-refractivity contribution in [2.24, 2.45) is 5.73 Å². The van der Waals surface area contributed by atoms with Crippen molar-refractivity contribution < 1.29 is 33.9 Å². The third-order valence-electron chi connectivity index (χ3n) is 5.57. The monoisotopic (exact) mass is 441 g/mol. The molecule has 1 aromatic heterocycles. The van der Waals surface area contributed by atoms with Crippen LogP contribution in [0.2, 0.25) is 0 Å². The Morgan fingerprint density at radius 1 is 1.22 bits per heavy atom. The summed E-state index contributed by atoms with van der Waals surface area (Å²) in [6.07, 6.45) is -0.129. The Hall–Kier alpha value is -3.99. The summed E-state index contributed by atoms with van der Waals surface area (Å²) in [4.78, 5) is 47.3. The van der Waals surface area contributed by atoms with Gasteiger partial charge in [0.15, 0.2) is 0 Å². The number of nitro benzene ring substituents is 1. The fourth-order valence-electron chi connectivity index (χ4n) is 4.08. The predicted molar refractivity (Wildman–Crippen MR) is 113 cm³/mol. The molecule has 0 fully saturated rings. The van der Waals surface area contributed by atoms with Crippen LogP contribution in [0.4, 0.5) is 11.4 Å². The number of carbonyl (C=O) groups is 3. The highest BCUT2D eigenvalue weighted by atomic mass is 16.6. The van der Waals surface area contributed by atoms with Crippen LogP contribution in [0.5, 0.6) is 0 Å². The zero-order valence-electron chi connectivity index (χ0n) is 16.7. The first kappa shape index (κ1) is 21.2. The number of hydrogen-bond donors (Lipinski definition) is 3. The third kappa shape index (κ3) is 3.62. The molecule has 11 nitrogen and oxygen atoms in total. The standard InChI is InChI=1S/C21H19N3O8/c22-14(21(28)29)2-4-17(25)23-6-5-11-19(23)15(24(30)31)9-13-12-7-10(8-18(26)27)1-3-16(12)32-20(11)13/h1,3,7,9,14H,2,4-6,8,22H2,(H,26,27)(H,28,29). The number of carbonyl (C=O) groups excluding carboxylic acids is 1. The number of benzene rings is 2. The third-order valence-corrected chi connectivity index (χ3v) is 5.57. The van der Waals surface area contributed by atoms with Crippen molar-refractivity contribution >= 4 is 51.2 Å². The molecular formula is C21H19N3O8. The summed E-state index contributed by atoms with van der Waals surface area (Å²) in [6, 6.07) is 5.01. The maximum Gasteiger partial charge on any atom is 0.320 e. The highest BCUT2D eigenvalue weighted by Gasteiger charge is 2.36. The number of furan rings is 1. The van der Waals surface area contributed by atoms with Crippen LogP contribution >= 0.6 is 0 Å². The Morgan fingerprint density at radius 2 is 1.97 bits per heavy atom. The highest BCUT2D eigenvalue weighted by Crippen LogP contribution is 2.45. The zero-order valence-corrected chi connectivity index (χ0v) is 16.7. The summed E-state index contributed by atoms with van der Waals surface area (Å²) in [5.74, 6) is -2.68. The minimum atomic E-state index is -1.23. The number of nitrogens with zero attached hydrogens (tertiary/aromatic N) is 2. The lowest BCUT2D eigenvalue weighted by Gasteiger charge is -2.18. The van der Waals surface area contributed by atoms with E-state index in [0.29, 0.717) is 39.5 Å². The first-order valence-corrected chi connectivity index (χ1v) is 9.83. The molecule has 32 heavy (non-hydrogen) atoms. The van der Waals surface area contributed by atoms with Crippen molar-refractivity contribution in [3.05, 3.63) is 45.5 Å². The van der Waals surface area contributed by atoms with E-state index < -0.39 is 28.8 Å². The van der Waals surface area contributed by atoms with E-state index in [1.165, 1.54) is 11.0 Å². The zero-order chi connectivity index (χ0) is 23.2. The quantitative estimate of drug-likeness (QED) is 0.366. The lowest BCUT2D eigenvalue weighted by molar-refractivity contribution is -0.383. The van der Waals surface area contributed by atoms with Crippen molar-refractivity contribution in [3.8, 4) is 0 Å². The Bertz CT molecular complexity index is 1300. The summed E-state index contributed by atoms with van der Waals surface area (Å²) in [5.41, 5.74) is 7.24. The van der Waals surface area contributed by atoms with Crippen LogP contribution in [0.15, 0.2) is 28.7 Å². The summed E-state index contributed by atoms with van der Waals surface area (Å²) >= 11 is 0.